The summed E-state index contributed by atoms with van der Waals surface area (Å²) >= 11 is 1.76. The monoisotopic (exact) mass is 266 g/mol. The first-order valence-electron chi connectivity index (χ1n) is 6.18. The molecule has 0 amide bonds. The molecule has 0 bridgehead atoms. The van der Waals surface area contributed by atoms with Gasteiger partial charge >= 0.3 is 0 Å². The molecule has 3 rings (SSSR count). The highest BCUT2D eigenvalue weighted by Crippen LogP contribution is 2.35. The standard InChI is InChI=1S/C16H14N2S/c1-11-7-9-17-10-13(11)14-5-6-15(19-14)16-12(2)4-3-8-18-16/h3-10H,1-2H3. The topological polar surface area (TPSA) is 25.8 Å². The van der Waals surface area contributed by atoms with Gasteiger partial charge in [0, 0.05) is 29.0 Å². The van der Waals surface area contributed by atoms with Gasteiger partial charge in [0.15, 0.2) is 0 Å². The molecule has 3 aromatic heterocycles. The highest BCUT2D eigenvalue weighted by molar-refractivity contribution is 7.18. The molecule has 0 radical (unpaired) electrons. The van der Waals surface area contributed by atoms with E-state index in [1.807, 2.05) is 30.7 Å². The fraction of sp³-hybridized carbons (Fsp3) is 0.125. The predicted molar refractivity (Wildman–Crippen MR) is 80.3 cm³/mol. The van der Waals surface area contributed by atoms with Gasteiger partial charge in [-0.15, -0.1) is 11.3 Å². The van der Waals surface area contributed by atoms with Crippen LogP contribution in [0.1, 0.15) is 11.1 Å². The Morgan fingerprint density at radius 2 is 1.74 bits per heavy atom. The molecule has 3 aromatic rings. The van der Waals surface area contributed by atoms with E-state index >= 15 is 0 Å². The number of rotatable bonds is 2. The lowest BCUT2D eigenvalue weighted by molar-refractivity contribution is 1.28. The Kier molecular flexibility index (Phi) is 3.13. The Bertz CT molecular complexity index is 656. The lowest BCUT2D eigenvalue weighted by Crippen LogP contribution is -1.83. The highest BCUT2D eigenvalue weighted by atomic mass is 32.1. The van der Waals surface area contributed by atoms with Crippen molar-refractivity contribution < 1.29 is 0 Å². The second-order valence-corrected chi connectivity index (χ2v) is 5.61. The molecular formula is C16H14N2S. The number of hydrogen-bond acceptors (Lipinski definition) is 3. The van der Waals surface area contributed by atoms with E-state index < -0.39 is 0 Å². The molecule has 0 unspecified atom stereocenters. The minimum atomic E-state index is 1.07. The maximum absolute atomic E-state index is 4.47. The van der Waals surface area contributed by atoms with Crippen LogP contribution >= 0.6 is 11.3 Å². The molecule has 2 nitrogen and oxygen atoms in total. The smallest absolute Gasteiger partial charge is 0.0830 e. The molecule has 0 aliphatic carbocycles. The van der Waals surface area contributed by atoms with Gasteiger partial charge in [0.05, 0.1) is 10.6 Å². The molecule has 0 saturated carbocycles. The van der Waals surface area contributed by atoms with Crippen LogP contribution in [-0.2, 0) is 0 Å². The lowest BCUT2D eigenvalue weighted by Gasteiger charge is -2.02. The van der Waals surface area contributed by atoms with E-state index in [-0.39, 0.29) is 0 Å². The van der Waals surface area contributed by atoms with E-state index in [9.17, 15) is 0 Å². The van der Waals surface area contributed by atoms with E-state index in [0.29, 0.717) is 0 Å². The van der Waals surface area contributed by atoms with Crippen molar-refractivity contribution in [1.29, 1.82) is 0 Å². The molecule has 0 fully saturated rings. The first kappa shape index (κ1) is 12.1. The van der Waals surface area contributed by atoms with E-state index in [1.54, 1.807) is 11.3 Å². The third kappa shape index (κ3) is 2.29. The van der Waals surface area contributed by atoms with Gasteiger partial charge in [-0.05, 0) is 49.2 Å². The molecular weight excluding hydrogens is 252 g/mol. The van der Waals surface area contributed by atoms with Gasteiger partial charge in [-0.25, -0.2) is 0 Å². The summed E-state index contributed by atoms with van der Waals surface area (Å²) in [5.41, 5.74) is 4.73. The number of hydrogen-bond donors (Lipinski definition) is 0. The summed E-state index contributed by atoms with van der Waals surface area (Å²) in [7, 11) is 0. The van der Waals surface area contributed by atoms with Crippen LogP contribution in [0.25, 0.3) is 21.0 Å². The van der Waals surface area contributed by atoms with Crippen LogP contribution in [0.5, 0.6) is 0 Å². The molecule has 0 spiro atoms. The van der Waals surface area contributed by atoms with E-state index in [0.717, 1.165) is 5.69 Å². The Morgan fingerprint density at radius 1 is 0.895 bits per heavy atom. The first-order valence-corrected chi connectivity index (χ1v) is 7.00. The van der Waals surface area contributed by atoms with Crippen molar-refractivity contribution in [2.24, 2.45) is 0 Å². The van der Waals surface area contributed by atoms with Gasteiger partial charge in [-0.1, -0.05) is 6.07 Å². The third-order valence-electron chi connectivity index (χ3n) is 3.15. The van der Waals surface area contributed by atoms with Crippen LogP contribution in [0.2, 0.25) is 0 Å². The Hall–Kier alpha value is -2.00. The average molecular weight is 266 g/mol. The second kappa shape index (κ2) is 4.94. The van der Waals surface area contributed by atoms with E-state index in [4.69, 9.17) is 0 Å². The van der Waals surface area contributed by atoms with Gasteiger partial charge in [-0.2, -0.15) is 0 Å². The maximum Gasteiger partial charge on any atom is 0.0830 e. The van der Waals surface area contributed by atoms with Crippen LogP contribution < -0.4 is 0 Å². The summed E-state index contributed by atoms with van der Waals surface area (Å²) < 4.78 is 0. The number of thiophene rings is 1. The summed E-state index contributed by atoms with van der Waals surface area (Å²) in [6.45, 7) is 4.21. The van der Waals surface area contributed by atoms with Crippen LogP contribution in [0, 0.1) is 13.8 Å². The fourth-order valence-electron chi connectivity index (χ4n) is 2.08. The Morgan fingerprint density at radius 3 is 2.53 bits per heavy atom. The van der Waals surface area contributed by atoms with E-state index in [2.05, 4.69) is 42.0 Å². The predicted octanol–water partition coefficient (Wildman–Crippen LogP) is 4.49. The van der Waals surface area contributed by atoms with Gasteiger partial charge in [0.2, 0.25) is 0 Å². The lowest BCUT2D eigenvalue weighted by atomic mass is 10.1. The number of aromatic nitrogens is 2. The summed E-state index contributed by atoms with van der Waals surface area (Å²) in [5.74, 6) is 0. The molecule has 0 aromatic carbocycles. The van der Waals surface area contributed by atoms with Crippen molar-refractivity contribution in [3.05, 3.63) is 60.0 Å². The van der Waals surface area contributed by atoms with Crippen LogP contribution in [0.4, 0.5) is 0 Å². The second-order valence-electron chi connectivity index (χ2n) is 4.52. The molecule has 0 aliphatic rings. The molecule has 3 heteroatoms. The van der Waals surface area contributed by atoms with Crippen LogP contribution in [0.15, 0.2) is 48.9 Å². The van der Waals surface area contributed by atoms with Crippen LogP contribution in [-0.4, -0.2) is 9.97 Å². The van der Waals surface area contributed by atoms with E-state index in [1.165, 1.54) is 26.4 Å². The molecule has 0 N–H and O–H groups in total. The zero-order chi connectivity index (χ0) is 13.2. The molecule has 19 heavy (non-hydrogen) atoms. The largest absolute Gasteiger partial charge is 0.264 e. The van der Waals surface area contributed by atoms with Crippen molar-refractivity contribution in [2.45, 2.75) is 13.8 Å². The number of nitrogens with zero attached hydrogens (tertiary/aromatic N) is 2. The molecule has 0 saturated heterocycles. The number of pyridine rings is 2. The normalized spacial score (nSPS) is 10.6. The number of aryl methyl sites for hydroxylation is 2. The van der Waals surface area contributed by atoms with Gasteiger partial charge in [-0.3, -0.25) is 9.97 Å². The molecule has 94 valence electrons. The Labute approximate surface area is 116 Å². The molecule has 0 atom stereocenters. The van der Waals surface area contributed by atoms with Crippen molar-refractivity contribution in [1.82, 2.24) is 9.97 Å². The third-order valence-corrected chi connectivity index (χ3v) is 4.28. The van der Waals surface area contributed by atoms with Crippen molar-refractivity contribution in [3.63, 3.8) is 0 Å². The minimum absolute atomic E-state index is 1.07. The van der Waals surface area contributed by atoms with Crippen LogP contribution in [0.3, 0.4) is 0 Å². The Balaban J connectivity index is 2.06. The fourth-order valence-corrected chi connectivity index (χ4v) is 3.22. The minimum Gasteiger partial charge on any atom is -0.264 e. The average Bonchev–Trinajstić information content (AvgIpc) is 2.89. The van der Waals surface area contributed by atoms with Gasteiger partial charge in [0.1, 0.15) is 0 Å². The summed E-state index contributed by atoms with van der Waals surface area (Å²) in [6, 6.07) is 10.4. The zero-order valence-electron chi connectivity index (χ0n) is 10.9. The zero-order valence-corrected chi connectivity index (χ0v) is 11.7. The SMILES string of the molecule is Cc1ccncc1-c1ccc(-c2ncccc2C)s1. The molecule has 0 aliphatic heterocycles. The summed E-state index contributed by atoms with van der Waals surface area (Å²) in [5, 5.41) is 0. The van der Waals surface area contributed by atoms with Crippen molar-refractivity contribution >= 4 is 11.3 Å². The van der Waals surface area contributed by atoms with Gasteiger partial charge in [0.25, 0.3) is 0 Å². The summed E-state index contributed by atoms with van der Waals surface area (Å²) in [6.07, 6.45) is 5.60. The summed E-state index contributed by atoms with van der Waals surface area (Å²) in [4.78, 5) is 11.1. The van der Waals surface area contributed by atoms with Gasteiger partial charge < -0.3 is 0 Å². The van der Waals surface area contributed by atoms with Crippen molar-refractivity contribution in [2.75, 3.05) is 0 Å². The quantitative estimate of drug-likeness (QED) is 0.683. The highest BCUT2D eigenvalue weighted by Gasteiger charge is 2.09. The molecule has 3 heterocycles. The maximum atomic E-state index is 4.47. The first-order chi connectivity index (χ1) is 9.25. The van der Waals surface area contributed by atoms with Crippen molar-refractivity contribution in [3.8, 4) is 21.0 Å².